The summed E-state index contributed by atoms with van der Waals surface area (Å²) in [6, 6.07) is 0. The van der Waals surface area contributed by atoms with E-state index in [1.807, 2.05) is 13.8 Å². The maximum absolute atomic E-state index is 12.3. The minimum absolute atomic E-state index is 0.211. The summed E-state index contributed by atoms with van der Waals surface area (Å²) in [4.78, 5) is 20.6. The van der Waals surface area contributed by atoms with Gasteiger partial charge in [-0.25, -0.2) is 9.97 Å². The zero-order valence-corrected chi connectivity index (χ0v) is 10.8. The lowest BCUT2D eigenvalue weighted by molar-refractivity contribution is 0.439. The van der Waals surface area contributed by atoms with Crippen molar-refractivity contribution in [3.8, 4) is 0 Å². The van der Waals surface area contributed by atoms with Crippen molar-refractivity contribution in [2.24, 2.45) is 0 Å². The van der Waals surface area contributed by atoms with Crippen LogP contribution in [0.25, 0.3) is 11.1 Å². The molecule has 98 valence electrons. The number of hydrogen-bond donors (Lipinski definition) is 0. The predicted octanol–water partition coefficient (Wildman–Crippen LogP) is 1.35. The van der Waals surface area contributed by atoms with Gasteiger partial charge in [-0.2, -0.15) is 0 Å². The molecule has 0 aliphatic heterocycles. The maximum Gasteiger partial charge on any atom is 0.267 e. The van der Waals surface area contributed by atoms with E-state index >= 15 is 0 Å². The fraction of sp³-hybridized carbons (Fsp3) is 0.333. The molecule has 0 unspecified atom stereocenters. The normalized spacial score (nSPS) is 11.3. The van der Waals surface area contributed by atoms with Crippen LogP contribution in [0.4, 0.5) is 0 Å². The summed E-state index contributed by atoms with van der Waals surface area (Å²) >= 11 is 0. The molecule has 7 nitrogen and oxygen atoms in total. The molecule has 3 aromatic rings. The molecule has 19 heavy (non-hydrogen) atoms. The number of oxazole rings is 1. The van der Waals surface area contributed by atoms with Crippen LogP contribution in [0.1, 0.15) is 23.0 Å². The van der Waals surface area contributed by atoms with E-state index in [-0.39, 0.29) is 17.8 Å². The van der Waals surface area contributed by atoms with Gasteiger partial charge in [0, 0.05) is 0 Å². The van der Waals surface area contributed by atoms with Crippen molar-refractivity contribution in [1.82, 2.24) is 19.7 Å². The van der Waals surface area contributed by atoms with Crippen LogP contribution >= 0.6 is 0 Å². The number of aromatic nitrogens is 4. The van der Waals surface area contributed by atoms with Crippen molar-refractivity contribution >= 4 is 11.1 Å². The first-order valence-electron chi connectivity index (χ1n) is 5.80. The molecule has 0 bridgehead atoms. The van der Waals surface area contributed by atoms with Gasteiger partial charge in [-0.05, 0) is 20.8 Å². The summed E-state index contributed by atoms with van der Waals surface area (Å²) in [5, 5.41) is 4.12. The van der Waals surface area contributed by atoms with Gasteiger partial charge in [0.1, 0.15) is 24.0 Å². The molecule has 7 heteroatoms. The molecule has 0 aliphatic rings. The zero-order chi connectivity index (χ0) is 13.6. The fourth-order valence-electron chi connectivity index (χ4n) is 1.88. The Morgan fingerprint density at radius 1 is 1.26 bits per heavy atom. The topological polar surface area (TPSA) is 87.0 Å². The molecular weight excluding hydrogens is 248 g/mol. The molecule has 0 aromatic carbocycles. The quantitative estimate of drug-likeness (QED) is 0.691. The van der Waals surface area contributed by atoms with E-state index in [1.54, 1.807) is 6.92 Å². The second-order valence-corrected chi connectivity index (χ2v) is 4.37. The van der Waals surface area contributed by atoms with Gasteiger partial charge >= 0.3 is 0 Å². The molecule has 0 fully saturated rings. The number of nitrogens with zero attached hydrogens (tertiary/aromatic N) is 4. The highest BCUT2D eigenvalue weighted by atomic mass is 16.5. The molecule has 3 rings (SSSR count). The summed E-state index contributed by atoms with van der Waals surface area (Å²) < 4.78 is 11.8. The summed E-state index contributed by atoms with van der Waals surface area (Å²) in [6.07, 6.45) is 1.41. The lowest BCUT2D eigenvalue weighted by Gasteiger charge is -2.00. The first kappa shape index (κ1) is 11.6. The van der Waals surface area contributed by atoms with Crippen LogP contribution < -0.4 is 5.56 Å². The first-order valence-corrected chi connectivity index (χ1v) is 5.80. The molecule has 0 saturated carbocycles. The van der Waals surface area contributed by atoms with Gasteiger partial charge in [-0.15, -0.1) is 0 Å². The van der Waals surface area contributed by atoms with Crippen molar-refractivity contribution in [1.29, 1.82) is 0 Å². The molecule has 0 radical (unpaired) electrons. The fourth-order valence-corrected chi connectivity index (χ4v) is 1.88. The van der Waals surface area contributed by atoms with E-state index in [4.69, 9.17) is 8.94 Å². The minimum atomic E-state index is -0.211. The molecule has 0 N–H and O–H groups in total. The van der Waals surface area contributed by atoms with Gasteiger partial charge in [0.25, 0.3) is 11.3 Å². The Balaban J connectivity index is 2.08. The second kappa shape index (κ2) is 4.04. The number of hydrogen-bond acceptors (Lipinski definition) is 6. The molecule has 0 atom stereocenters. The SMILES string of the molecule is Cc1nc(Cn2cnc3onc(C)c3c2=O)oc1C. The Morgan fingerprint density at radius 2 is 2.05 bits per heavy atom. The smallest absolute Gasteiger partial charge is 0.267 e. The van der Waals surface area contributed by atoms with Gasteiger partial charge in [-0.3, -0.25) is 9.36 Å². The maximum atomic E-state index is 12.3. The van der Waals surface area contributed by atoms with Crippen molar-refractivity contribution < 1.29 is 8.94 Å². The van der Waals surface area contributed by atoms with Crippen molar-refractivity contribution in [2.75, 3.05) is 0 Å². The molecule has 0 aliphatic carbocycles. The molecule has 0 spiro atoms. The van der Waals surface area contributed by atoms with Crippen LogP contribution in [0.15, 0.2) is 20.1 Å². The van der Waals surface area contributed by atoms with E-state index in [0.29, 0.717) is 17.0 Å². The molecule has 3 aromatic heterocycles. The van der Waals surface area contributed by atoms with E-state index in [9.17, 15) is 4.79 Å². The molecule has 0 saturated heterocycles. The monoisotopic (exact) mass is 260 g/mol. The minimum Gasteiger partial charge on any atom is -0.444 e. The standard InChI is InChI=1S/C12H12N4O3/c1-6-8(3)18-9(14-6)4-16-5-13-11-10(12(16)17)7(2)15-19-11/h5H,4H2,1-3H3. The Labute approximate surface area is 107 Å². The predicted molar refractivity (Wildman–Crippen MR) is 65.9 cm³/mol. The van der Waals surface area contributed by atoms with Crippen LogP contribution in [0, 0.1) is 20.8 Å². The average molecular weight is 260 g/mol. The van der Waals surface area contributed by atoms with Gasteiger partial charge in [-0.1, -0.05) is 5.16 Å². The Bertz CT molecular complexity index is 793. The van der Waals surface area contributed by atoms with Crippen LogP contribution in [0.5, 0.6) is 0 Å². The van der Waals surface area contributed by atoms with Gasteiger partial charge in [0.05, 0.1) is 11.4 Å². The third kappa shape index (κ3) is 1.83. The van der Waals surface area contributed by atoms with Crippen LogP contribution in [0.2, 0.25) is 0 Å². The van der Waals surface area contributed by atoms with Crippen LogP contribution in [-0.4, -0.2) is 19.7 Å². The van der Waals surface area contributed by atoms with E-state index in [0.717, 1.165) is 11.5 Å². The molecule has 3 heterocycles. The van der Waals surface area contributed by atoms with Crippen LogP contribution in [-0.2, 0) is 6.54 Å². The highest BCUT2D eigenvalue weighted by Crippen LogP contribution is 2.12. The highest BCUT2D eigenvalue weighted by Gasteiger charge is 2.14. The van der Waals surface area contributed by atoms with Crippen molar-refractivity contribution in [2.45, 2.75) is 27.3 Å². The Hall–Kier alpha value is -2.44. The highest BCUT2D eigenvalue weighted by molar-refractivity contribution is 5.73. The summed E-state index contributed by atoms with van der Waals surface area (Å²) in [5.74, 6) is 1.23. The van der Waals surface area contributed by atoms with E-state index in [2.05, 4.69) is 15.1 Å². The second-order valence-electron chi connectivity index (χ2n) is 4.37. The molecular formula is C12H12N4O3. The van der Waals surface area contributed by atoms with Crippen LogP contribution in [0.3, 0.4) is 0 Å². The zero-order valence-electron chi connectivity index (χ0n) is 10.8. The Kier molecular flexibility index (Phi) is 2.48. The van der Waals surface area contributed by atoms with Crippen molar-refractivity contribution in [3.05, 3.63) is 39.7 Å². The largest absolute Gasteiger partial charge is 0.444 e. The van der Waals surface area contributed by atoms with Crippen molar-refractivity contribution in [3.63, 3.8) is 0 Å². The lowest BCUT2D eigenvalue weighted by atomic mass is 10.3. The Morgan fingerprint density at radius 3 is 2.74 bits per heavy atom. The lowest BCUT2D eigenvalue weighted by Crippen LogP contribution is -2.21. The third-order valence-electron chi connectivity index (χ3n) is 3.01. The van der Waals surface area contributed by atoms with Gasteiger partial charge in [0.15, 0.2) is 0 Å². The first-order chi connectivity index (χ1) is 9.06. The summed E-state index contributed by atoms with van der Waals surface area (Å²) in [5.41, 5.74) is 1.38. The number of rotatable bonds is 2. The van der Waals surface area contributed by atoms with Gasteiger partial charge in [0.2, 0.25) is 5.89 Å². The summed E-state index contributed by atoms with van der Waals surface area (Å²) in [6.45, 7) is 5.64. The number of fused-ring (bicyclic) bond motifs is 1. The number of aryl methyl sites for hydroxylation is 3. The van der Waals surface area contributed by atoms with E-state index in [1.165, 1.54) is 10.9 Å². The third-order valence-corrected chi connectivity index (χ3v) is 3.01. The van der Waals surface area contributed by atoms with Gasteiger partial charge < -0.3 is 8.94 Å². The van der Waals surface area contributed by atoms with E-state index < -0.39 is 0 Å². The average Bonchev–Trinajstić information content (AvgIpc) is 2.88. The molecule has 0 amide bonds. The summed E-state index contributed by atoms with van der Waals surface area (Å²) in [7, 11) is 0.